The molecule has 0 saturated heterocycles. The number of rotatable bonds is 6. The van der Waals surface area contributed by atoms with Crippen LogP contribution in [0.3, 0.4) is 0 Å². The molecular weight excluding hydrogens is 346 g/mol. The van der Waals surface area contributed by atoms with Gasteiger partial charge in [-0.25, -0.2) is 0 Å². The van der Waals surface area contributed by atoms with Crippen LogP contribution in [0, 0.1) is 0 Å². The molecule has 2 rings (SSSR count). The Hall–Kier alpha value is -0.740. The number of hydrogen-bond acceptors (Lipinski definition) is 2. The van der Waals surface area contributed by atoms with Gasteiger partial charge in [-0.1, -0.05) is 27.6 Å². The smallest absolute Gasteiger partial charge is 0.233 e. The van der Waals surface area contributed by atoms with Crippen LogP contribution in [0.2, 0.25) is 0 Å². The maximum atomic E-state index is 12.1. The van der Waals surface area contributed by atoms with Crippen LogP contribution in [-0.4, -0.2) is 17.7 Å². The second kappa shape index (κ2) is 8.64. The molecule has 114 valence electrons. The van der Waals surface area contributed by atoms with Crippen LogP contribution in [-0.2, 0) is 4.79 Å². The molecule has 0 fully saturated rings. The van der Waals surface area contributed by atoms with Crippen LogP contribution in [0.25, 0.3) is 0 Å². The van der Waals surface area contributed by atoms with Crippen molar-refractivity contribution in [2.75, 3.05) is 6.54 Å². The Labute approximate surface area is 139 Å². The highest BCUT2D eigenvalue weighted by molar-refractivity contribution is 9.10. The molecule has 21 heavy (non-hydrogen) atoms. The summed E-state index contributed by atoms with van der Waals surface area (Å²) in [5.41, 5.74) is 1.51. The lowest BCUT2D eigenvalue weighted by atomic mass is 9.97. The summed E-state index contributed by atoms with van der Waals surface area (Å²) < 4.78 is 1.06. The molecule has 1 aliphatic carbocycles. The van der Waals surface area contributed by atoms with E-state index in [0.717, 1.165) is 22.3 Å². The number of thioether (sulfide) groups is 1. The minimum atomic E-state index is -0.0634. The van der Waals surface area contributed by atoms with Gasteiger partial charge in [0.2, 0.25) is 5.91 Å². The third kappa shape index (κ3) is 5.87. The highest BCUT2D eigenvalue weighted by Gasteiger charge is 2.14. The van der Waals surface area contributed by atoms with Crippen LogP contribution < -0.4 is 5.32 Å². The molecule has 0 aliphatic heterocycles. The molecule has 0 heterocycles. The van der Waals surface area contributed by atoms with Crippen LogP contribution in [0.4, 0.5) is 0 Å². The first kappa shape index (κ1) is 16.6. The van der Waals surface area contributed by atoms with E-state index in [9.17, 15) is 4.79 Å². The molecule has 0 unspecified atom stereocenters. The van der Waals surface area contributed by atoms with Crippen molar-refractivity contribution in [1.29, 1.82) is 0 Å². The van der Waals surface area contributed by atoms with Crippen molar-refractivity contribution in [3.63, 3.8) is 0 Å². The van der Waals surface area contributed by atoms with E-state index in [-0.39, 0.29) is 11.2 Å². The standard InChI is InChI=1S/C17H22BrNOS/c1-13(21-16-9-7-15(18)8-10-16)17(20)19-12-11-14-5-3-2-4-6-14/h5,7-10,13H,2-4,6,11-12H2,1H3,(H,19,20)/t13-/m0/s1. The van der Waals surface area contributed by atoms with Crippen molar-refractivity contribution in [1.82, 2.24) is 5.32 Å². The zero-order chi connectivity index (χ0) is 15.1. The summed E-state index contributed by atoms with van der Waals surface area (Å²) in [6.45, 7) is 2.72. The molecule has 1 aromatic carbocycles. The maximum Gasteiger partial charge on any atom is 0.233 e. The lowest BCUT2D eigenvalue weighted by molar-refractivity contribution is -0.120. The molecule has 1 amide bonds. The number of allylic oxidation sites excluding steroid dienone is 1. The first-order valence-electron chi connectivity index (χ1n) is 7.53. The summed E-state index contributed by atoms with van der Waals surface area (Å²) in [6, 6.07) is 8.07. The molecule has 4 heteroatoms. The van der Waals surface area contributed by atoms with E-state index in [1.165, 1.54) is 31.3 Å². The Kier molecular flexibility index (Phi) is 6.84. The second-order valence-corrected chi connectivity index (χ2v) is 7.69. The fourth-order valence-corrected chi connectivity index (χ4v) is 3.55. The quantitative estimate of drug-likeness (QED) is 0.569. The number of amides is 1. The van der Waals surface area contributed by atoms with E-state index < -0.39 is 0 Å². The SMILES string of the molecule is C[C@H](Sc1ccc(Br)cc1)C(=O)NCCC1=CCCCC1. The van der Waals surface area contributed by atoms with E-state index in [2.05, 4.69) is 27.3 Å². The van der Waals surface area contributed by atoms with Crippen molar-refractivity contribution in [2.24, 2.45) is 0 Å². The molecule has 0 saturated carbocycles. The van der Waals surface area contributed by atoms with Crippen molar-refractivity contribution in [3.05, 3.63) is 40.4 Å². The first-order valence-corrected chi connectivity index (χ1v) is 9.20. The Morgan fingerprint density at radius 1 is 1.33 bits per heavy atom. The Balaban J connectivity index is 1.72. The largest absolute Gasteiger partial charge is 0.355 e. The zero-order valence-corrected chi connectivity index (χ0v) is 14.8. The van der Waals surface area contributed by atoms with E-state index >= 15 is 0 Å². The third-order valence-electron chi connectivity index (χ3n) is 3.63. The summed E-state index contributed by atoms with van der Waals surface area (Å²) in [4.78, 5) is 13.2. The number of halogens is 1. The van der Waals surface area contributed by atoms with Crippen molar-refractivity contribution in [2.45, 2.75) is 49.2 Å². The number of nitrogens with one attached hydrogen (secondary N) is 1. The number of hydrogen-bond donors (Lipinski definition) is 1. The molecule has 1 aliphatic rings. The molecule has 0 bridgehead atoms. The predicted octanol–water partition coefficient (Wildman–Crippen LogP) is 4.94. The van der Waals surface area contributed by atoms with Crippen LogP contribution in [0.15, 0.2) is 45.3 Å². The summed E-state index contributed by atoms with van der Waals surface area (Å²) in [7, 11) is 0. The Bertz CT molecular complexity index is 498. The van der Waals surface area contributed by atoms with E-state index in [0.29, 0.717) is 0 Å². The summed E-state index contributed by atoms with van der Waals surface area (Å²) in [5.74, 6) is 0.124. The lowest BCUT2D eigenvalue weighted by Gasteiger charge is -2.15. The number of carbonyl (C=O) groups is 1. The Morgan fingerprint density at radius 3 is 2.76 bits per heavy atom. The fourth-order valence-electron chi connectivity index (χ4n) is 2.39. The third-order valence-corrected chi connectivity index (χ3v) is 5.27. The van der Waals surface area contributed by atoms with Crippen LogP contribution in [0.1, 0.15) is 39.0 Å². The Morgan fingerprint density at radius 2 is 2.10 bits per heavy atom. The number of benzene rings is 1. The van der Waals surface area contributed by atoms with E-state index in [4.69, 9.17) is 0 Å². The normalized spacial score (nSPS) is 16.2. The van der Waals surface area contributed by atoms with Gasteiger partial charge in [-0.05, 0) is 63.3 Å². The summed E-state index contributed by atoms with van der Waals surface area (Å²) in [6.07, 6.45) is 8.38. The van der Waals surface area contributed by atoms with Gasteiger partial charge >= 0.3 is 0 Å². The summed E-state index contributed by atoms with van der Waals surface area (Å²) >= 11 is 5.02. The topological polar surface area (TPSA) is 29.1 Å². The van der Waals surface area contributed by atoms with Gasteiger partial charge in [-0.3, -0.25) is 4.79 Å². The maximum absolute atomic E-state index is 12.1. The average Bonchev–Trinajstić information content (AvgIpc) is 2.50. The molecule has 1 N–H and O–H groups in total. The van der Waals surface area contributed by atoms with Gasteiger partial charge < -0.3 is 5.32 Å². The zero-order valence-electron chi connectivity index (χ0n) is 12.4. The van der Waals surface area contributed by atoms with Crippen LogP contribution >= 0.6 is 27.7 Å². The van der Waals surface area contributed by atoms with Crippen LogP contribution in [0.5, 0.6) is 0 Å². The van der Waals surface area contributed by atoms with Gasteiger partial charge in [0.25, 0.3) is 0 Å². The van der Waals surface area contributed by atoms with Crippen molar-refractivity contribution in [3.8, 4) is 0 Å². The second-order valence-electron chi connectivity index (χ2n) is 5.36. The van der Waals surface area contributed by atoms with Crippen molar-refractivity contribution >= 4 is 33.6 Å². The molecular formula is C17H22BrNOS. The average molecular weight is 368 g/mol. The van der Waals surface area contributed by atoms with Gasteiger partial charge in [0.15, 0.2) is 0 Å². The van der Waals surface area contributed by atoms with E-state index in [1.807, 2.05) is 31.2 Å². The molecule has 1 aromatic rings. The summed E-state index contributed by atoms with van der Waals surface area (Å²) in [5, 5.41) is 2.99. The fraction of sp³-hybridized carbons (Fsp3) is 0.471. The van der Waals surface area contributed by atoms with Gasteiger partial charge in [0, 0.05) is 15.9 Å². The molecule has 2 nitrogen and oxygen atoms in total. The monoisotopic (exact) mass is 367 g/mol. The highest BCUT2D eigenvalue weighted by atomic mass is 79.9. The number of carbonyl (C=O) groups excluding carboxylic acids is 1. The molecule has 0 radical (unpaired) electrons. The molecule has 1 atom stereocenters. The minimum Gasteiger partial charge on any atom is -0.355 e. The molecule has 0 aromatic heterocycles. The highest BCUT2D eigenvalue weighted by Crippen LogP contribution is 2.25. The first-order chi connectivity index (χ1) is 10.1. The molecule has 0 spiro atoms. The predicted molar refractivity (Wildman–Crippen MR) is 93.6 cm³/mol. The van der Waals surface area contributed by atoms with Gasteiger partial charge in [0.1, 0.15) is 0 Å². The van der Waals surface area contributed by atoms with Crippen molar-refractivity contribution < 1.29 is 4.79 Å². The lowest BCUT2D eigenvalue weighted by Crippen LogP contribution is -2.31. The van der Waals surface area contributed by atoms with E-state index in [1.54, 1.807) is 11.8 Å². The van der Waals surface area contributed by atoms with Gasteiger partial charge in [-0.15, -0.1) is 11.8 Å². The van der Waals surface area contributed by atoms with Gasteiger partial charge in [-0.2, -0.15) is 0 Å². The minimum absolute atomic E-state index is 0.0634. The van der Waals surface area contributed by atoms with Gasteiger partial charge in [0.05, 0.1) is 5.25 Å².